The lowest BCUT2D eigenvalue weighted by molar-refractivity contribution is 0.0949. The summed E-state index contributed by atoms with van der Waals surface area (Å²) in [5, 5.41) is 6.33. The lowest BCUT2D eigenvalue weighted by Crippen LogP contribution is -2.37. The average Bonchev–Trinajstić information content (AvgIpc) is 3.03. The van der Waals surface area contributed by atoms with Crippen molar-refractivity contribution in [3.8, 4) is 5.75 Å². The molecule has 2 rings (SSSR count). The largest absolute Gasteiger partial charge is 0.493 e. The minimum atomic E-state index is -0.0500. The smallest absolute Gasteiger partial charge is 0.251 e. The summed E-state index contributed by atoms with van der Waals surface area (Å²) in [6.45, 7) is 2.99. The Morgan fingerprint density at radius 2 is 2.33 bits per heavy atom. The lowest BCUT2D eigenvalue weighted by Gasteiger charge is -2.12. The molecule has 1 atom stereocenters. The molecule has 1 aromatic carbocycles. The third-order valence-electron chi connectivity index (χ3n) is 3.53. The van der Waals surface area contributed by atoms with Gasteiger partial charge in [0.05, 0.1) is 6.61 Å². The topological polar surface area (TPSA) is 59.6 Å². The van der Waals surface area contributed by atoms with Crippen molar-refractivity contribution in [2.75, 3.05) is 33.4 Å². The number of rotatable bonds is 8. The van der Waals surface area contributed by atoms with E-state index in [0.717, 1.165) is 25.1 Å². The van der Waals surface area contributed by atoms with Gasteiger partial charge >= 0.3 is 0 Å². The van der Waals surface area contributed by atoms with Gasteiger partial charge in [0.2, 0.25) is 0 Å². The highest BCUT2D eigenvalue weighted by Crippen LogP contribution is 2.14. The molecule has 1 aromatic rings. The quantitative estimate of drug-likeness (QED) is 0.714. The Kier molecular flexibility index (Phi) is 6.50. The van der Waals surface area contributed by atoms with Crippen molar-refractivity contribution < 1.29 is 14.3 Å². The molecular formula is C16H24N2O3. The van der Waals surface area contributed by atoms with Crippen LogP contribution in [-0.4, -0.2) is 45.4 Å². The van der Waals surface area contributed by atoms with Crippen molar-refractivity contribution in [2.24, 2.45) is 0 Å². The molecule has 1 aliphatic heterocycles. The summed E-state index contributed by atoms with van der Waals surface area (Å²) >= 11 is 0. The molecule has 5 heteroatoms. The predicted octanol–water partition coefficient (Wildman–Crippen LogP) is 1.58. The molecule has 0 spiro atoms. The maximum absolute atomic E-state index is 12.1. The molecule has 1 unspecified atom stereocenters. The standard InChI is InChI=1S/C16H24N2O3/c1-20-9-4-10-21-15-7-2-5-13(11-15)16(19)18-12-14-6-3-8-17-14/h2,5,7,11,14,17H,3-4,6,8-10,12H2,1H3,(H,18,19). The second-order valence-corrected chi connectivity index (χ2v) is 5.23. The molecule has 5 nitrogen and oxygen atoms in total. The van der Waals surface area contributed by atoms with Crippen molar-refractivity contribution in [1.82, 2.24) is 10.6 Å². The second-order valence-electron chi connectivity index (χ2n) is 5.23. The molecule has 0 aliphatic carbocycles. The summed E-state index contributed by atoms with van der Waals surface area (Å²) in [4.78, 5) is 12.1. The van der Waals surface area contributed by atoms with Crippen LogP contribution in [0.5, 0.6) is 5.75 Å². The third kappa shape index (κ3) is 5.36. The van der Waals surface area contributed by atoms with Gasteiger partial charge < -0.3 is 20.1 Å². The van der Waals surface area contributed by atoms with E-state index in [9.17, 15) is 4.79 Å². The first-order valence-electron chi connectivity index (χ1n) is 7.53. The molecule has 2 N–H and O–H groups in total. The average molecular weight is 292 g/mol. The van der Waals surface area contributed by atoms with Gasteiger partial charge in [0.15, 0.2) is 0 Å². The Morgan fingerprint density at radius 3 is 3.10 bits per heavy atom. The molecular weight excluding hydrogens is 268 g/mol. The molecule has 1 saturated heterocycles. The Balaban J connectivity index is 1.79. The van der Waals surface area contributed by atoms with Gasteiger partial charge in [-0.2, -0.15) is 0 Å². The van der Waals surface area contributed by atoms with Crippen LogP contribution in [0.15, 0.2) is 24.3 Å². The van der Waals surface area contributed by atoms with Crippen molar-refractivity contribution in [3.05, 3.63) is 29.8 Å². The van der Waals surface area contributed by atoms with Crippen LogP contribution >= 0.6 is 0 Å². The highest BCUT2D eigenvalue weighted by Gasteiger charge is 2.15. The van der Waals surface area contributed by atoms with Crippen molar-refractivity contribution in [2.45, 2.75) is 25.3 Å². The number of amides is 1. The Bertz CT molecular complexity index is 445. The number of carbonyl (C=O) groups is 1. The van der Waals surface area contributed by atoms with E-state index in [-0.39, 0.29) is 5.91 Å². The second kappa shape index (κ2) is 8.64. The number of carbonyl (C=O) groups excluding carboxylic acids is 1. The molecule has 0 aromatic heterocycles. The lowest BCUT2D eigenvalue weighted by atomic mass is 10.2. The number of benzene rings is 1. The van der Waals surface area contributed by atoms with Gasteiger partial charge in [-0.15, -0.1) is 0 Å². The van der Waals surface area contributed by atoms with Gasteiger partial charge in [-0.25, -0.2) is 0 Å². The number of nitrogens with one attached hydrogen (secondary N) is 2. The predicted molar refractivity (Wildman–Crippen MR) is 81.8 cm³/mol. The fraction of sp³-hybridized carbons (Fsp3) is 0.562. The minimum Gasteiger partial charge on any atom is -0.493 e. The summed E-state index contributed by atoms with van der Waals surface area (Å²) in [5.41, 5.74) is 0.636. The minimum absolute atomic E-state index is 0.0500. The van der Waals surface area contributed by atoms with E-state index in [0.29, 0.717) is 31.4 Å². The van der Waals surface area contributed by atoms with Gasteiger partial charge in [-0.3, -0.25) is 4.79 Å². The van der Waals surface area contributed by atoms with Gasteiger partial charge in [0, 0.05) is 38.3 Å². The normalized spacial score (nSPS) is 17.7. The van der Waals surface area contributed by atoms with E-state index in [4.69, 9.17) is 9.47 Å². The fourth-order valence-corrected chi connectivity index (χ4v) is 2.37. The first-order chi connectivity index (χ1) is 10.3. The van der Waals surface area contributed by atoms with E-state index >= 15 is 0 Å². The summed E-state index contributed by atoms with van der Waals surface area (Å²) in [5.74, 6) is 0.670. The van der Waals surface area contributed by atoms with Crippen LogP contribution in [0, 0.1) is 0 Å². The maximum atomic E-state index is 12.1. The van der Waals surface area contributed by atoms with Crippen LogP contribution in [0.1, 0.15) is 29.6 Å². The molecule has 21 heavy (non-hydrogen) atoms. The first kappa shape index (κ1) is 15.8. The van der Waals surface area contributed by atoms with Gasteiger partial charge in [-0.1, -0.05) is 6.07 Å². The highest BCUT2D eigenvalue weighted by atomic mass is 16.5. The van der Waals surface area contributed by atoms with E-state index in [1.165, 1.54) is 6.42 Å². The first-order valence-corrected chi connectivity index (χ1v) is 7.53. The zero-order chi connectivity index (χ0) is 14.9. The maximum Gasteiger partial charge on any atom is 0.251 e. The highest BCUT2D eigenvalue weighted by molar-refractivity contribution is 5.94. The van der Waals surface area contributed by atoms with Crippen LogP contribution in [-0.2, 0) is 4.74 Å². The van der Waals surface area contributed by atoms with Crippen molar-refractivity contribution >= 4 is 5.91 Å². The molecule has 0 radical (unpaired) electrons. The van der Waals surface area contributed by atoms with E-state index < -0.39 is 0 Å². The third-order valence-corrected chi connectivity index (χ3v) is 3.53. The van der Waals surface area contributed by atoms with Gasteiger partial charge in [0.25, 0.3) is 5.91 Å². The zero-order valence-corrected chi connectivity index (χ0v) is 12.6. The Labute approximate surface area is 126 Å². The Morgan fingerprint density at radius 1 is 1.43 bits per heavy atom. The summed E-state index contributed by atoms with van der Waals surface area (Å²) in [6.07, 6.45) is 3.15. The Hall–Kier alpha value is -1.59. The monoisotopic (exact) mass is 292 g/mol. The fourth-order valence-electron chi connectivity index (χ4n) is 2.37. The number of ether oxygens (including phenoxy) is 2. The van der Waals surface area contributed by atoms with Gasteiger partial charge in [-0.05, 0) is 37.6 Å². The number of hydrogen-bond donors (Lipinski definition) is 2. The molecule has 1 fully saturated rings. The van der Waals surface area contributed by atoms with Gasteiger partial charge in [0.1, 0.15) is 5.75 Å². The van der Waals surface area contributed by atoms with E-state index in [1.807, 2.05) is 12.1 Å². The zero-order valence-electron chi connectivity index (χ0n) is 12.6. The summed E-state index contributed by atoms with van der Waals surface area (Å²) in [6, 6.07) is 7.70. The van der Waals surface area contributed by atoms with Crippen LogP contribution in [0.4, 0.5) is 0 Å². The van der Waals surface area contributed by atoms with Crippen molar-refractivity contribution in [1.29, 1.82) is 0 Å². The molecule has 116 valence electrons. The number of methoxy groups -OCH3 is 1. The SMILES string of the molecule is COCCCOc1cccc(C(=O)NCC2CCCN2)c1. The molecule has 1 amide bonds. The van der Waals surface area contributed by atoms with Crippen LogP contribution in [0.2, 0.25) is 0 Å². The summed E-state index contributed by atoms with van der Waals surface area (Å²) in [7, 11) is 1.67. The summed E-state index contributed by atoms with van der Waals surface area (Å²) < 4.78 is 10.6. The molecule has 1 heterocycles. The molecule has 0 saturated carbocycles. The van der Waals surface area contributed by atoms with Crippen molar-refractivity contribution in [3.63, 3.8) is 0 Å². The van der Waals surface area contributed by atoms with E-state index in [2.05, 4.69) is 10.6 Å². The van der Waals surface area contributed by atoms with Crippen LogP contribution in [0.25, 0.3) is 0 Å². The van der Waals surface area contributed by atoms with Crippen LogP contribution < -0.4 is 15.4 Å². The molecule has 0 bridgehead atoms. The van der Waals surface area contributed by atoms with Crippen LogP contribution in [0.3, 0.4) is 0 Å². The van der Waals surface area contributed by atoms with E-state index in [1.54, 1.807) is 19.2 Å². The number of hydrogen-bond acceptors (Lipinski definition) is 4. The molecule has 1 aliphatic rings.